The molecule has 1 N–H and O–H groups in total. The Morgan fingerprint density at radius 2 is 2.04 bits per heavy atom. The number of nitro groups is 1. The van der Waals surface area contributed by atoms with E-state index in [1.807, 2.05) is 37.3 Å². The van der Waals surface area contributed by atoms with Gasteiger partial charge in [-0.1, -0.05) is 24.3 Å². The highest BCUT2D eigenvalue weighted by Gasteiger charge is 2.15. The number of carbonyl (C=O) groups excluding carboxylic acids is 1. The third-order valence-corrected chi connectivity index (χ3v) is 3.65. The van der Waals surface area contributed by atoms with Gasteiger partial charge in [-0.3, -0.25) is 14.9 Å². The molecule has 1 heterocycles. The maximum Gasteiger partial charge on any atom is 0.273 e. The van der Waals surface area contributed by atoms with Gasteiger partial charge < -0.3 is 14.5 Å². The number of non-ortho nitro benzene ring substituents is 1. The first kappa shape index (κ1) is 16.5. The van der Waals surface area contributed by atoms with Crippen molar-refractivity contribution in [3.8, 4) is 5.75 Å². The number of nitrogens with one attached hydrogen (secondary N) is 1. The van der Waals surface area contributed by atoms with E-state index in [1.165, 1.54) is 18.2 Å². The van der Waals surface area contributed by atoms with E-state index in [4.69, 9.17) is 9.15 Å². The molecular formula is C18H16N2O5. The molecule has 1 aromatic heterocycles. The van der Waals surface area contributed by atoms with Crippen LogP contribution in [-0.2, 0) is 4.79 Å². The van der Waals surface area contributed by atoms with E-state index in [-0.39, 0.29) is 30.0 Å². The van der Waals surface area contributed by atoms with Crippen molar-refractivity contribution < 1.29 is 18.9 Å². The van der Waals surface area contributed by atoms with Gasteiger partial charge in [0, 0.05) is 11.5 Å². The Labute approximate surface area is 143 Å². The Hall–Kier alpha value is -3.35. The Morgan fingerprint density at radius 3 is 2.80 bits per heavy atom. The summed E-state index contributed by atoms with van der Waals surface area (Å²) in [5, 5.41) is 14.5. The fourth-order valence-corrected chi connectivity index (χ4v) is 2.41. The summed E-state index contributed by atoms with van der Waals surface area (Å²) in [7, 11) is 0. The van der Waals surface area contributed by atoms with Gasteiger partial charge in [-0.15, -0.1) is 0 Å². The molecule has 0 fully saturated rings. The topological polar surface area (TPSA) is 94.6 Å². The summed E-state index contributed by atoms with van der Waals surface area (Å²) < 4.78 is 11.0. The summed E-state index contributed by atoms with van der Waals surface area (Å²) in [6.07, 6.45) is 0. The van der Waals surface area contributed by atoms with Crippen molar-refractivity contribution in [3.05, 3.63) is 70.5 Å². The third-order valence-electron chi connectivity index (χ3n) is 3.65. The molecule has 0 spiro atoms. The minimum Gasteiger partial charge on any atom is -0.484 e. The van der Waals surface area contributed by atoms with Crippen molar-refractivity contribution in [2.75, 3.05) is 6.61 Å². The van der Waals surface area contributed by atoms with Gasteiger partial charge in [-0.25, -0.2) is 0 Å². The molecule has 1 atom stereocenters. The van der Waals surface area contributed by atoms with Gasteiger partial charge >= 0.3 is 0 Å². The monoisotopic (exact) mass is 340 g/mol. The van der Waals surface area contributed by atoms with E-state index in [9.17, 15) is 14.9 Å². The van der Waals surface area contributed by atoms with Gasteiger partial charge in [-0.05, 0) is 25.1 Å². The molecule has 1 amide bonds. The van der Waals surface area contributed by atoms with Crippen LogP contribution in [0.4, 0.5) is 5.69 Å². The molecule has 3 aromatic rings. The van der Waals surface area contributed by atoms with Gasteiger partial charge in [0.1, 0.15) is 17.1 Å². The highest BCUT2D eigenvalue weighted by molar-refractivity contribution is 5.79. The molecule has 0 aliphatic heterocycles. The van der Waals surface area contributed by atoms with Crippen molar-refractivity contribution in [2.45, 2.75) is 13.0 Å². The molecule has 0 aliphatic carbocycles. The van der Waals surface area contributed by atoms with Crippen LogP contribution in [0, 0.1) is 10.1 Å². The van der Waals surface area contributed by atoms with Gasteiger partial charge in [0.2, 0.25) is 0 Å². The minimum absolute atomic E-state index is 0.0893. The molecule has 0 saturated carbocycles. The average Bonchev–Trinajstić information content (AvgIpc) is 3.04. The zero-order valence-electron chi connectivity index (χ0n) is 13.5. The fourth-order valence-electron chi connectivity index (χ4n) is 2.41. The van der Waals surface area contributed by atoms with Crippen molar-refractivity contribution >= 4 is 22.6 Å². The lowest BCUT2D eigenvalue weighted by Crippen LogP contribution is -2.31. The maximum absolute atomic E-state index is 12.0. The van der Waals surface area contributed by atoms with Crippen molar-refractivity contribution in [1.29, 1.82) is 0 Å². The van der Waals surface area contributed by atoms with Crippen LogP contribution in [0.25, 0.3) is 11.0 Å². The largest absolute Gasteiger partial charge is 0.484 e. The first-order valence-electron chi connectivity index (χ1n) is 7.68. The first-order valence-corrected chi connectivity index (χ1v) is 7.68. The quantitative estimate of drug-likeness (QED) is 0.546. The lowest BCUT2D eigenvalue weighted by Gasteiger charge is -2.12. The normalized spacial score (nSPS) is 11.9. The van der Waals surface area contributed by atoms with Crippen LogP contribution in [0.2, 0.25) is 0 Å². The first-order chi connectivity index (χ1) is 12.0. The van der Waals surface area contributed by atoms with E-state index in [0.29, 0.717) is 5.76 Å². The highest BCUT2D eigenvalue weighted by Crippen LogP contribution is 2.23. The number of amides is 1. The number of ether oxygens (including phenoxy) is 1. The number of hydrogen-bond donors (Lipinski definition) is 1. The summed E-state index contributed by atoms with van der Waals surface area (Å²) >= 11 is 0. The Morgan fingerprint density at radius 1 is 1.24 bits per heavy atom. The van der Waals surface area contributed by atoms with Crippen LogP contribution < -0.4 is 10.1 Å². The van der Waals surface area contributed by atoms with Crippen LogP contribution >= 0.6 is 0 Å². The van der Waals surface area contributed by atoms with Crippen LogP contribution in [0.1, 0.15) is 18.7 Å². The van der Waals surface area contributed by atoms with Gasteiger partial charge in [0.05, 0.1) is 17.0 Å². The van der Waals surface area contributed by atoms with Crippen LogP contribution in [0.15, 0.2) is 59.0 Å². The summed E-state index contributed by atoms with van der Waals surface area (Å²) in [5.74, 6) is 0.560. The average molecular weight is 340 g/mol. The number of para-hydroxylation sites is 1. The number of hydrogen-bond acceptors (Lipinski definition) is 5. The van der Waals surface area contributed by atoms with Crippen LogP contribution in [0.3, 0.4) is 0 Å². The smallest absolute Gasteiger partial charge is 0.273 e. The molecule has 0 saturated heterocycles. The van der Waals surface area contributed by atoms with Gasteiger partial charge in [-0.2, -0.15) is 0 Å². The molecule has 3 rings (SSSR count). The van der Waals surface area contributed by atoms with Crippen LogP contribution in [-0.4, -0.2) is 17.4 Å². The van der Waals surface area contributed by atoms with E-state index < -0.39 is 4.92 Å². The van der Waals surface area contributed by atoms with E-state index in [2.05, 4.69) is 5.32 Å². The fraction of sp³-hybridized carbons (Fsp3) is 0.167. The zero-order valence-corrected chi connectivity index (χ0v) is 13.5. The third kappa shape index (κ3) is 3.95. The van der Waals surface area contributed by atoms with Crippen molar-refractivity contribution in [1.82, 2.24) is 5.32 Å². The van der Waals surface area contributed by atoms with Crippen LogP contribution in [0.5, 0.6) is 5.75 Å². The molecule has 25 heavy (non-hydrogen) atoms. The summed E-state index contributed by atoms with van der Waals surface area (Å²) in [5.41, 5.74) is 0.667. The maximum atomic E-state index is 12.0. The Kier molecular flexibility index (Phi) is 4.65. The predicted molar refractivity (Wildman–Crippen MR) is 91.4 cm³/mol. The SMILES string of the molecule is C[C@@H](NC(=O)COc1cccc([N+](=O)[O-])c1)c1cc2ccccc2o1. The standard InChI is InChI=1S/C18H16N2O5/c1-12(17-9-13-5-2-3-8-16(13)25-17)19-18(21)11-24-15-7-4-6-14(10-15)20(22)23/h2-10,12H,11H2,1H3,(H,19,21)/t12-/m1/s1. The second kappa shape index (κ2) is 7.04. The number of benzene rings is 2. The van der Waals surface area contributed by atoms with E-state index >= 15 is 0 Å². The predicted octanol–water partition coefficient (Wildman–Crippen LogP) is 3.60. The Bertz CT molecular complexity index is 885. The van der Waals surface area contributed by atoms with E-state index in [0.717, 1.165) is 11.0 Å². The second-order valence-corrected chi connectivity index (χ2v) is 5.52. The molecule has 7 heteroatoms. The summed E-state index contributed by atoms with van der Waals surface area (Å²) in [6.45, 7) is 1.56. The number of fused-ring (bicyclic) bond motifs is 1. The number of nitrogens with zero attached hydrogens (tertiary/aromatic N) is 1. The molecule has 0 radical (unpaired) electrons. The molecule has 7 nitrogen and oxygen atoms in total. The summed E-state index contributed by atoms with van der Waals surface area (Å²) in [4.78, 5) is 22.2. The number of furan rings is 1. The van der Waals surface area contributed by atoms with Gasteiger partial charge in [0.15, 0.2) is 6.61 Å². The van der Waals surface area contributed by atoms with Crippen molar-refractivity contribution in [3.63, 3.8) is 0 Å². The molecule has 0 bridgehead atoms. The zero-order chi connectivity index (χ0) is 17.8. The molecule has 128 valence electrons. The summed E-state index contributed by atoms with van der Waals surface area (Å²) in [6, 6.07) is 14.8. The number of nitro benzene ring substituents is 1. The molecule has 0 unspecified atom stereocenters. The van der Waals surface area contributed by atoms with E-state index in [1.54, 1.807) is 6.07 Å². The molecule has 0 aliphatic rings. The van der Waals surface area contributed by atoms with Gasteiger partial charge in [0.25, 0.3) is 11.6 Å². The number of carbonyl (C=O) groups is 1. The minimum atomic E-state index is -0.517. The number of rotatable bonds is 6. The molecule has 2 aromatic carbocycles. The lowest BCUT2D eigenvalue weighted by atomic mass is 10.2. The lowest BCUT2D eigenvalue weighted by molar-refractivity contribution is -0.384. The Balaban J connectivity index is 1.58. The van der Waals surface area contributed by atoms with Crippen molar-refractivity contribution in [2.24, 2.45) is 0 Å². The second-order valence-electron chi connectivity index (χ2n) is 5.52. The molecular weight excluding hydrogens is 324 g/mol. The highest BCUT2D eigenvalue weighted by atomic mass is 16.6.